The first-order valence-corrected chi connectivity index (χ1v) is 10.8. The zero-order valence-electron chi connectivity index (χ0n) is 16.7. The Labute approximate surface area is 178 Å². The fourth-order valence-electron chi connectivity index (χ4n) is 4.11. The van der Waals surface area contributed by atoms with Gasteiger partial charge in [0, 0.05) is 55.4 Å². The molecular weight excluding hydrogens is 396 g/mol. The summed E-state index contributed by atoms with van der Waals surface area (Å²) in [5, 5.41) is 4.94. The summed E-state index contributed by atoms with van der Waals surface area (Å²) in [6, 6.07) is 14.3. The van der Waals surface area contributed by atoms with E-state index in [4.69, 9.17) is 4.74 Å². The van der Waals surface area contributed by atoms with Crippen molar-refractivity contribution < 1.29 is 9.53 Å². The van der Waals surface area contributed by atoms with Crippen LogP contribution in [0.3, 0.4) is 0 Å². The van der Waals surface area contributed by atoms with Crippen molar-refractivity contribution in [2.24, 2.45) is 0 Å². The number of pyridine rings is 2. The van der Waals surface area contributed by atoms with Gasteiger partial charge in [-0.25, -0.2) is 4.98 Å². The number of para-hydroxylation sites is 1. The number of amides is 1. The Hall–Kier alpha value is -2.87. The number of morpholine rings is 1. The Kier molecular flexibility index (Phi) is 5.16. The summed E-state index contributed by atoms with van der Waals surface area (Å²) in [6.45, 7) is 3.02. The fraction of sp³-hybridized carbons (Fsp3) is 0.261. The van der Waals surface area contributed by atoms with E-state index in [-0.39, 0.29) is 12.0 Å². The number of benzene rings is 1. The first-order chi connectivity index (χ1) is 14.7. The molecule has 1 saturated heterocycles. The number of fused-ring (bicyclic) bond motifs is 2. The highest BCUT2D eigenvalue weighted by molar-refractivity contribution is 7.20. The van der Waals surface area contributed by atoms with Crippen LogP contribution >= 0.6 is 11.3 Å². The summed E-state index contributed by atoms with van der Waals surface area (Å²) in [6.07, 6.45) is 3.47. The second-order valence-corrected chi connectivity index (χ2v) is 8.36. The molecule has 7 heteroatoms. The molecule has 0 spiro atoms. The molecule has 1 unspecified atom stereocenters. The van der Waals surface area contributed by atoms with Crippen LogP contribution in [0.1, 0.15) is 26.9 Å². The molecule has 5 rings (SSSR count). The van der Waals surface area contributed by atoms with Gasteiger partial charge in [-0.1, -0.05) is 24.3 Å². The van der Waals surface area contributed by atoms with Gasteiger partial charge >= 0.3 is 0 Å². The highest BCUT2D eigenvalue weighted by atomic mass is 32.1. The lowest BCUT2D eigenvalue weighted by Crippen LogP contribution is -2.38. The van der Waals surface area contributed by atoms with Gasteiger partial charge in [-0.15, -0.1) is 11.3 Å². The van der Waals surface area contributed by atoms with Crippen LogP contribution in [0, 0.1) is 0 Å². The molecule has 1 aliphatic rings. The molecule has 4 heterocycles. The normalized spacial score (nSPS) is 17.4. The van der Waals surface area contributed by atoms with Crippen LogP contribution in [0.25, 0.3) is 21.1 Å². The number of hydrogen-bond acceptors (Lipinski definition) is 6. The molecule has 3 aromatic heterocycles. The molecule has 0 radical (unpaired) electrons. The van der Waals surface area contributed by atoms with Crippen LogP contribution in [-0.2, 0) is 11.3 Å². The van der Waals surface area contributed by atoms with E-state index in [1.807, 2.05) is 30.5 Å². The number of carbonyl (C=O) groups is 1. The maximum absolute atomic E-state index is 12.6. The number of ether oxygens (including phenoxy) is 1. The van der Waals surface area contributed by atoms with Crippen molar-refractivity contribution in [1.82, 2.24) is 20.2 Å². The highest BCUT2D eigenvalue weighted by Crippen LogP contribution is 2.37. The third-order valence-electron chi connectivity index (χ3n) is 5.54. The van der Waals surface area contributed by atoms with Gasteiger partial charge in [-0.2, -0.15) is 0 Å². The molecule has 4 aromatic rings. The molecule has 1 fully saturated rings. The molecule has 0 saturated carbocycles. The molecule has 1 atom stereocenters. The monoisotopic (exact) mass is 418 g/mol. The van der Waals surface area contributed by atoms with Crippen molar-refractivity contribution >= 4 is 38.4 Å². The Morgan fingerprint density at radius 2 is 2.03 bits per heavy atom. The summed E-state index contributed by atoms with van der Waals surface area (Å²) in [5.41, 5.74) is 3.22. The van der Waals surface area contributed by atoms with Gasteiger partial charge < -0.3 is 10.1 Å². The van der Waals surface area contributed by atoms with Gasteiger partial charge in [0.2, 0.25) is 0 Å². The van der Waals surface area contributed by atoms with E-state index in [1.165, 1.54) is 22.3 Å². The zero-order chi connectivity index (χ0) is 20.5. The lowest BCUT2D eigenvalue weighted by atomic mass is 10.0. The van der Waals surface area contributed by atoms with E-state index in [1.54, 1.807) is 13.2 Å². The molecular formula is C23H22N4O2S. The van der Waals surface area contributed by atoms with Crippen molar-refractivity contribution in [2.45, 2.75) is 12.6 Å². The summed E-state index contributed by atoms with van der Waals surface area (Å²) < 4.78 is 6.17. The SMILES string of the molecule is CNC(=O)c1sc2ncccc2c1C1CN(Cc2ccnc3ccccc23)CCO1. The first-order valence-electron chi connectivity index (χ1n) is 10.0. The van der Waals surface area contributed by atoms with Crippen molar-refractivity contribution in [3.05, 3.63) is 70.9 Å². The van der Waals surface area contributed by atoms with Gasteiger partial charge in [0.05, 0.1) is 18.2 Å². The van der Waals surface area contributed by atoms with Crippen molar-refractivity contribution in [2.75, 3.05) is 26.7 Å². The van der Waals surface area contributed by atoms with E-state index >= 15 is 0 Å². The van der Waals surface area contributed by atoms with Crippen molar-refractivity contribution in [1.29, 1.82) is 0 Å². The molecule has 152 valence electrons. The molecule has 0 aliphatic carbocycles. The lowest BCUT2D eigenvalue weighted by molar-refractivity contribution is -0.0322. The van der Waals surface area contributed by atoms with E-state index in [2.05, 4.69) is 38.4 Å². The first kappa shape index (κ1) is 19.1. The zero-order valence-corrected chi connectivity index (χ0v) is 17.5. The molecule has 1 aromatic carbocycles. The van der Waals surface area contributed by atoms with Crippen LogP contribution in [-0.4, -0.2) is 47.5 Å². The molecule has 0 bridgehead atoms. The molecule has 1 aliphatic heterocycles. The largest absolute Gasteiger partial charge is 0.371 e. The summed E-state index contributed by atoms with van der Waals surface area (Å²) in [5.74, 6) is -0.0890. The maximum atomic E-state index is 12.6. The highest BCUT2D eigenvalue weighted by Gasteiger charge is 2.30. The van der Waals surface area contributed by atoms with Gasteiger partial charge in [0.25, 0.3) is 5.91 Å². The average Bonchev–Trinajstić information content (AvgIpc) is 3.19. The van der Waals surface area contributed by atoms with Crippen LogP contribution in [0.5, 0.6) is 0 Å². The summed E-state index contributed by atoms with van der Waals surface area (Å²) >= 11 is 1.43. The molecule has 30 heavy (non-hydrogen) atoms. The van der Waals surface area contributed by atoms with Crippen LogP contribution in [0.2, 0.25) is 0 Å². The van der Waals surface area contributed by atoms with Gasteiger partial charge in [0.1, 0.15) is 9.71 Å². The van der Waals surface area contributed by atoms with Crippen LogP contribution in [0.15, 0.2) is 54.9 Å². The number of carbonyl (C=O) groups excluding carboxylic acids is 1. The van der Waals surface area contributed by atoms with E-state index in [0.717, 1.165) is 40.9 Å². The molecule has 6 nitrogen and oxygen atoms in total. The smallest absolute Gasteiger partial charge is 0.261 e. The number of nitrogens with zero attached hydrogens (tertiary/aromatic N) is 3. The minimum absolute atomic E-state index is 0.0890. The summed E-state index contributed by atoms with van der Waals surface area (Å²) in [7, 11) is 1.66. The number of thiophene rings is 1. The van der Waals surface area contributed by atoms with E-state index in [0.29, 0.717) is 11.5 Å². The lowest BCUT2D eigenvalue weighted by Gasteiger charge is -2.33. The van der Waals surface area contributed by atoms with Crippen molar-refractivity contribution in [3.63, 3.8) is 0 Å². The van der Waals surface area contributed by atoms with Gasteiger partial charge in [-0.05, 0) is 23.8 Å². The number of rotatable bonds is 4. The van der Waals surface area contributed by atoms with Gasteiger partial charge in [-0.3, -0.25) is 14.7 Å². The van der Waals surface area contributed by atoms with Gasteiger partial charge in [0.15, 0.2) is 0 Å². The Bertz CT molecular complexity index is 1220. The predicted molar refractivity (Wildman–Crippen MR) is 119 cm³/mol. The Balaban J connectivity index is 1.47. The Morgan fingerprint density at radius 1 is 1.17 bits per heavy atom. The predicted octanol–water partition coefficient (Wildman–Crippen LogP) is 3.78. The second-order valence-electron chi connectivity index (χ2n) is 7.36. The topological polar surface area (TPSA) is 67.4 Å². The van der Waals surface area contributed by atoms with E-state index < -0.39 is 0 Å². The third-order valence-corrected chi connectivity index (χ3v) is 6.67. The van der Waals surface area contributed by atoms with E-state index in [9.17, 15) is 4.79 Å². The number of aromatic nitrogens is 2. The van der Waals surface area contributed by atoms with Crippen LogP contribution < -0.4 is 5.32 Å². The minimum atomic E-state index is -0.169. The average molecular weight is 419 g/mol. The number of nitrogens with one attached hydrogen (secondary N) is 1. The third kappa shape index (κ3) is 3.45. The molecule has 1 amide bonds. The summed E-state index contributed by atoms with van der Waals surface area (Å²) in [4.78, 5) is 25.4. The quantitative estimate of drug-likeness (QED) is 0.546. The second kappa shape index (κ2) is 8.10. The number of hydrogen-bond donors (Lipinski definition) is 1. The molecule has 1 N–H and O–H groups in total. The minimum Gasteiger partial charge on any atom is -0.371 e. The maximum Gasteiger partial charge on any atom is 0.261 e. The van der Waals surface area contributed by atoms with Crippen molar-refractivity contribution in [3.8, 4) is 0 Å². The fourth-order valence-corrected chi connectivity index (χ4v) is 5.25. The standard InChI is InChI=1S/C23H22N4O2S/c1-24-22(28)21-20(17-6-4-9-26-23(17)30-21)19-14-27(11-12-29-19)13-15-8-10-25-18-7-3-2-5-16(15)18/h2-10,19H,11-14H2,1H3,(H,24,28). The Morgan fingerprint density at radius 3 is 2.93 bits per heavy atom. The van der Waals surface area contributed by atoms with Crippen LogP contribution in [0.4, 0.5) is 0 Å².